The van der Waals surface area contributed by atoms with E-state index in [2.05, 4.69) is 43.1 Å². The van der Waals surface area contributed by atoms with Crippen LogP contribution in [-0.2, 0) is 0 Å². The monoisotopic (exact) mass is 403 g/mol. The molecule has 0 unspecified atom stereocenters. The lowest BCUT2D eigenvalue weighted by atomic mass is 9.93. The molecule has 1 fully saturated rings. The van der Waals surface area contributed by atoms with E-state index in [0.717, 1.165) is 50.5 Å². The average molecular weight is 404 g/mol. The van der Waals surface area contributed by atoms with Gasteiger partial charge in [-0.2, -0.15) is 0 Å². The molecule has 150 valence electrons. The largest absolute Gasteiger partial charge is 0.369 e. The lowest BCUT2D eigenvalue weighted by Crippen LogP contribution is -2.39. The van der Waals surface area contributed by atoms with E-state index in [1.165, 1.54) is 12.1 Å². The second-order valence-corrected chi connectivity index (χ2v) is 7.05. The van der Waals surface area contributed by atoms with Gasteiger partial charge in [-0.1, -0.05) is 0 Å². The number of nitrogens with one attached hydrogen (secondary N) is 1. The van der Waals surface area contributed by atoms with Gasteiger partial charge >= 0.3 is 0 Å². The van der Waals surface area contributed by atoms with Crippen LogP contribution in [0.25, 0.3) is 0 Å². The van der Waals surface area contributed by atoms with Gasteiger partial charge < -0.3 is 15.1 Å². The molecule has 0 aromatic heterocycles. The van der Waals surface area contributed by atoms with Crippen molar-refractivity contribution in [3.8, 4) is 0 Å². The predicted octanol–water partition coefficient (Wildman–Crippen LogP) is 4.23. The Hall–Kier alpha value is -0.970. The van der Waals surface area contributed by atoms with Gasteiger partial charge in [-0.15, -0.1) is 24.8 Å². The van der Waals surface area contributed by atoms with Crippen LogP contribution in [0.1, 0.15) is 50.4 Å². The van der Waals surface area contributed by atoms with Crippen molar-refractivity contribution in [2.45, 2.75) is 46.1 Å². The van der Waals surface area contributed by atoms with Crippen LogP contribution < -0.4 is 10.2 Å². The number of likely N-dealkylation sites (tertiary alicyclic amines) is 1. The molecule has 1 N–H and O–H groups in total. The van der Waals surface area contributed by atoms with E-state index in [-0.39, 0.29) is 30.7 Å². The Morgan fingerprint density at radius 3 is 2.23 bits per heavy atom. The van der Waals surface area contributed by atoms with Crippen molar-refractivity contribution in [3.63, 3.8) is 0 Å². The number of hydrogen-bond acceptors (Lipinski definition) is 3. The van der Waals surface area contributed by atoms with Crippen molar-refractivity contribution >= 4 is 36.4 Å². The Morgan fingerprint density at radius 2 is 1.77 bits per heavy atom. The van der Waals surface area contributed by atoms with Crippen LogP contribution in [0.15, 0.2) is 24.3 Å². The van der Waals surface area contributed by atoms with E-state index in [0.29, 0.717) is 6.04 Å². The summed E-state index contributed by atoms with van der Waals surface area (Å²) in [4.78, 5) is 17.1. The molecule has 0 bridgehead atoms. The summed E-state index contributed by atoms with van der Waals surface area (Å²) in [7, 11) is 2.00. The second-order valence-electron chi connectivity index (χ2n) is 7.05. The topological polar surface area (TPSA) is 35.6 Å². The summed E-state index contributed by atoms with van der Waals surface area (Å²) in [5.74, 6) is 0.939. The highest BCUT2D eigenvalue weighted by molar-refractivity contribution is 5.94. The molecule has 0 radical (unpaired) electrons. The van der Waals surface area contributed by atoms with Crippen LogP contribution in [0.3, 0.4) is 0 Å². The average Bonchev–Trinajstić information content (AvgIpc) is 2.61. The molecule has 0 atom stereocenters. The van der Waals surface area contributed by atoms with Gasteiger partial charge in [0.2, 0.25) is 0 Å². The van der Waals surface area contributed by atoms with E-state index < -0.39 is 0 Å². The molecular formula is C20H35Cl2N3O. The minimum atomic E-state index is 0. The van der Waals surface area contributed by atoms with Gasteiger partial charge in [-0.05, 0) is 83.8 Å². The lowest BCUT2D eigenvalue weighted by molar-refractivity contribution is 0.0687. The van der Waals surface area contributed by atoms with Gasteiger partial charge in [0, 0.05) is 36.9 Å². The van der Waals surface area contributed by atoms with Crippen molar-refractivity contribution in [1.82, 2.24) is 10.2 Å². The SMILES string of the molecule is CCN(c1ccc(C(=O)N2CCC(CCNC)CC2)cc1)C(C)C.Cl.Cl. The molecule has 4 nitrogen and oxygen atoms in total. The van der Waals surface area contributed by atoms with Crippen molar-refractivity contribution < 1.29 is 4.79 Å². The van der Waals surface area contributed by atoms with Crippen molar-refractivity contribution in [1.29, 1.82) is 0 Å². The fourth-order valence-electron chi connectivity index (χ4n) is 3.60. The molecule has 1 aliphatic heterocycles. The zero-order valence-electron chi connectivity index (χ0n) is 16.5. The van der Waals surface area contributed by atoms with E-state index in [1.54, 1.807) is 0 Å². The van der Waals surface area contributed by atoms with Crippen LogP contribution in [0, 0.1) is 5.92 Å². The third kappa shape index (κ3) is 6.64. The molecular weight excluding hydrogens is 369 g/mol. The summed E-state index contributed by atoms with van der Waals surface area (Å²) in [6.45, 7) is 10.4. The van der Waals surface area contributed by atoms with Crippen molar-refractivity contribution in [2.75, 3.05) is 38.1 Å². The molecule has 1 aromatic rings. The molecule has 1 aliphatic rings. The number of carbonyl (C=O) groups is 1. The summed E-state index contributed by atoms with van der Waals surface area (Å²) >= 11 is 0. The standard InChI is InChI=1S/C20H33N3O.2ClH/c1-5-23(16(2)3)19-8-6-18(7-9-19)20(24)22-14-11-17(12-15-22)10-13-21-4;;/h6-9,16-17,21H,5,10-15H2,1-4H3;2*1H. The number of benzene rings is 1. The molecule has 26 heavy (non-hydrogen) atoms. The van der Waals surface area contributed by atoms with E-state index >= 15 is 0 Å². The molecule has 2 rings (SSSR count). The van der Waals surface area contributed by atoms with Crippen molar-refractivity contribution in [2.24, 2.45) is 5.92 Å². The van der Waals surface area contributed by atoms with Gasteiger partial charge in [0.15, 0.2) is 0 Å². The summed E-state index contributed by atoms with van der Waals surface area (Å²) in [6.07, 6.45) is 3.47. The summed E-state index contributed by atoms with van der Waals surface area (Å²) in [5.41, 5.74) is 2.00. The highest BCUT2D eigenvalue weighted by Gasteiger charge is 2.23. The number of carbonyl (C=O) groups excluding carboxylic acids is 1. The Morgan fingerprint density at radius 1 is 1.19 bits per heavy atom. The van der Waals surface area contributed by atoms with Crippen LogP contribution in [-0.4, -0.2) is 50.1 Å². The molecule has 0 saturated carbocycles. The Bertz CT molecular complexity index is 514. The van der Waals surface area contributed by atoms with Crippen LogP contribution in [0.5, 0.6) is 0 Å². The van der Waals surface area contributed by atoms with Gasteiger partial charge in [-0.3, -0.25) is 4.79 Å². The summed E-state index contributed by atoms with van der Waals surface area (Å²) in [6, 6.07) is 8.59. The number of nitrogens with zero attached hydrogens (tertiary/aromatic N) is 2. The third-order valence-electron chi connectivity index (χ3n) is 5.11. The van der Waals surface area contributed by atoms with Crippen LogP contribution >= 0.6 is 24.8 Å². The normalized spacial score (nSPS) is 14.6. The maximum Gasteiger partial charge on any atom is 0.253 e. The first-order valence-electron chi connectivity index (χ1n) is 9.37. The number of anilines is 1. The minimum absolute atomic E-state index is 0. The van der Waals surface area contributed by atoms with Gasteiger partial charge in [0.05, 0.1) is 0 Å². The molecule has 1 saturated heterocycles. The molecule has 0 spiro atoms. The van der Waals surface area contributed by atoms with Gasteiger partial charge in [0.1, 0.15) is 0 Å². The van der Waals surface area contributed by atoms with E-state index in [4.69, 9.17) is 0 Å². The van der Waals surface area contributed by atoms with Gasteiger partial charge in [0.25, 0.3) is 5.91 Å². The quantitative estimate of drug-likeness (QED) is 0.739. The number of hydrogen-bond donors (Lipinski definition) is 1. The highest BCUT2D eigenvalue weighted by Crippen LogP contribution is 2.23. The zero-order valence-corrected chi connectivity index (χ0v) is 18.2. The van der Waals surface area contributed by atoms with Crippen LogP contribution in [0.4, 0.5) is 5.69 Å². The number of piperidine rings is 1. The Kier molecular flexibility index (Phi) is 12.0. The first kappa shape index (κ1) is 25.0. The zero-order chi connectivity index (χ0) is 17.5. The lowest BCUT2D eigenvalue weighted by Gasteiger charge is -2.32. The van der Waals surface area contributed by atoms with E-state index in [9.17, 15) is 4.79 Å². The highest BCUT2D eigenvalue weighted by atomic mass is 35.5. The molecule has 0 aliphatic carbocycles. The number of halogens is 2. The Labute approximate surface area is 171 Å². The maximum absolute atomic E-state index is 12.7. The maximum atomic E-state index is 12.7. The fourth-order valence-corrected chi connectivity index (χ4v) is 3.60. The van der Waals surface area contributed by atoms with Crippen LogP contribution in [0.2, 0.25) is 0 Å². The number of rotatable bonds is 7. The minimum Gasteiger partial charge on any atom is -0.369 e. The summed E-state index contributed by atoms with van der Waals surface area (Å²) in [5, 5.41) is 3.22. The number of amides is 1. The van der Waals surface area contributed by atoms with Crippen molar-refractivity contribution in [3.05, 3.63) is 29.8 Å². The third-order valence-corrected chi connectivity index (χ3v) is 5.11. The molecule has 1 aromatic carbocycles. The summed E-state index contributed by atoms with van der Waals surface area (Å²) < 4.78 is 0. The molecule has 6 heteroatoms. The smallest absolute Gasteiger partial charge is 0.253 e. The Balaban J connectivity index is 0.00000312. The van der Waals surface area contributed by atoms with E-state index in [1.807, 2.05) is 24.1 Å². The van der Waals surface area contributed by atoms with Gasteiger partial charge in [-0.25, -0.2) is 0 Å². The molecule has 1 amide bonds. The predicted molar refractivity (Wildman–Crippen MR) is 116 cm³/mol. The fraction of sp³-hybridized carbons (Fsp3) is 0.650. The second kappa shape index (κ2) is 12.4. The first-order chi connectivity index (χ1) is 11.6. The molecule has 1 heterocycles. The first-order valence-corrected chi connectivity index (χ1v) is 9.37.